The SMILES string of the molecule is Cc1cc(C(=O)O)ccc1-c1nc2cc3[nH]ncc3cc2c(-c2ccc(F)cc2)c1C(=O)N(C)C. The minimum absolute atomic E-state index is 0.144. The van der Waals surface area contributed by atoms with Gasteiger partial charge in [0.2, 0.25) is 0 Å². The third kappa shape index (κ3) is 3.78. The van der Waals surface area contributed by atoms with Crippen LogP contribution in [-0.2, 0) is 0 Å². The summed E-state index contributed by atoms with van der Waals surface area (Å²) in [5.41, 5.74) is 4.89. The third-order valence-electron chi connectivity index (χ3n) is 6.03. The van der Waals surface area contributed by atoms with Gasteiger partial charge in [-0.15, -0.1) is 0 Å². The first-order chi connectivity index (χ1) is 16.7. The molecule has 1 amide bonds. The van der Waals surface area contributed by atoms with Crippen LogP contribution in [0.4, 0.5) is 4.39 Å². The van der Waals surface area contributed by atoms with Crippen LogP contribution in [0.5, 0.6) is 0 Å². The van der Waals surface area contributed by atoms with Crippen molar-refractivity contribution in [1.82, 2.24) is 20.1 Å². The highest BCUT2D eigenvalue weighted by atomic mass is 19.1. The number of carbonyl (C=O) groups is 2. The maximum absolute atomic E-state index is 13.8. The summed E-state index contributed by atoms with van der Waals surface area (Å²) in [6.07, 6.45) is 1.69. The van der Waals surface area contributed by atoms with Gasteiger partial charge in [0.25, 0.3) is 5.91 Å². The van der Waals surface area contributed by atoms with Gasteiger partial charge < -0.3 is 10.0 Å². The Labute approximate surface area is 199 Å². The van der Waals surface area contributed by atoms with Crippen LogP contribution >= 0.6 is 0 Å². The van der Waals surface area contributed by atoms with Crippen molar-refractivity contribution in [2.75, 3.05) is 14.1 Å². The van der Waals surface area contributed by atoms with Gasteiger partial charge in [0, 0.05) is 36.0 Å². The predicted molar refractivity (Wildman–Crippen MR) is 132 cm³/mol. The number of halogens is 1. The Morgan fingerprint density at radius 2 is 1.77 bits per heavy atom. The number of carboxylic acids is 1. The average molecular weight is 468 g/mol. The van der Waals surface area contributed by atoms with Gasteiger partial charge in [-0.3, -0.25) is 9.89 Å². The van der Waals surface area contributed by atoms with E-state index in [-0.39, 0.29) is 17.3 Å². The number of pyridine rings is 1. The van der Waals surface area contributed by atoms with Gasteiger partial charge in [-0.25, -0.2) is 14.2 Å². The molecule has 0 atom stereocenters. The molecule has 5 aromatic rings. The summed E-state index contributed by atoms with van der Waals surface area (Å²) in [5.74, 6) is -1.70. The van der Waals surface area contributed by atoms with Gasteiger partial charge in [-0.05, 0) is 54.4 Å². The number of aryl methyl sites for hydroxylation is 1. The van der Waals surface area contributed by atoms with E-state index < -0.39 is 5.97 Å². The highest BCUT2D eigenvalue weighted by Gasteiger charge is 2.26. The lowest BCUT2D eigenvalue weighted by atomic mass is 9.89. The molecular formula is C27H21FN4O3. The first-order valence-electron chi connectivity index (χ1n) is 10.9. The molecule has 0 aliphatic rings. The van der Waals surface area contributed by atoms with Crippen molar-refractivity contribution in [3.8, 4) is 22.4 Å². The molecule has 0 spiro atoms. The molecule has 2 heterocycles. The molecule has 0 unspecified atom stereocenters. The van der Waals surface area contributed by atoms with Crippen LogP contribution in [0.25, 0.3) is 44.2 Å². The zero-order valence-corrected chi connectivity index (χ0v) is 19.3. The molecule has 0 aliphatic heterocycles. The van der Waals surface area contributed by atoms with Crippen LogP contribution in [0.3, 0.4) is 0 Å². The van der Waals surface area contributed by atoms with Crippen LogP contribution in [0.2, 0.25) is 0 Å². The molecule has 0 saturated heterocycles. The Morgan fingerprint density at radius 1 is 1.03 bits per heavy atom. The number of H-pyrrole nitrogens is 1. The summed E-state index contributed by atoms with van der Waals surface area (Å²) in [6, 6.07) is 14.5. The lowest BCUT2D eigenvalue weighted by molar-refractivity contribution is 0.0696. The van der Waals surface area contributed by atoms with E-state index in [4.69, 9.17) is 4.98 Å². The first kappa shape index (κ1) is 22.2. The van der Waals surface area contributed by atoms with Crippen molar-refractivity contribution < 1.29 is 19.1 Å². The second-order valence-corrected chi connectivity index (χ2v) is 8.58. The van der Waals surface area contributed by atoms with E-state index in [1.54, 1.807) is 51.5 Å². The van der Waals surface area contributed by atoms with Crippen molar-refractivity contribution in [2.45, 2.75) is 6.92 Å². The van der Waals surface area contributed by atoms with E-state index in [0.29, 0.717) is 39.0 Å². The van der Waals surface area contributed by atoms with Gasteiger partial charge in [-0.1, -0.05) is 18.2 Å². The summed E-state index contributed by atoms with van der Waals surface area (Å²) in [6.45, 7) is 1.78. The normalized spacial score (nSPS) is 11.2. The zero-order chi connectivity index (χ0) is 24.9. The minimum Gasteiger partial charge on any atom is -0.478 e. The van der Waals surface area contributed by atoms with E-state index in [0.717, 1.165) is 16.3 Å². The number of nitrogens with one attached hydrogen (secondary N) is 1. The number of nitrogens with zero attached hydrogens (tertiary/aromatic N) is 3. The molecule has 2 N–H and O–H groups in total. The highest BCUT2D eigenvalue weighted by Crippen LogP contribution is 2.40. The standard InChI is InChI=1S/C27H21FN4O3/c1-14-10-16(27(34)35)6-9-19(14)25-24(26(33)32(2)3)23(15-4-7-18(28)8-5-15)20-11-17-13-29-31-21(17)12-22(20)30-25/h4-13H,1-3H3,(H,29,31)(H,34,35). The number of aromatic amines is 1. The van der Waals surface area contributed by atoms with Crippen molar-refractivity contribution in [1.29, 1.82) is 0 Å². The molecule has 0 aliphatic carbocycles. The second kappa shape index (κ2) is 8.32. The summed E-state index contributed by atoms with van der Waals surface area (Å²) < 4.78 is 13.8. The van der Waals surface area contributed by atoms with Crippen LogP contribution in [0, 0.1) is 12.7 Å². The molecule has 0 saturated carbocycles. The maximum Gasteiger partial charge on any atom is 0.335 e. The third-order valence-corrected chi connectivity index (χ3v) is 6.03. The lowest BCUT2D eigenvalue weighted by Crippen LogP contribution is -2.24. The Balaban J connectivity index is 1.95. The molecule has 35 heavy (non-hydrogen) atoms. The van der Waals surface area contributed by atoms with Crippen molar-refractivity contribution >= 4 is 33.7 Å². The smallest absolute Gasteiger partial charge is 0.335 e. The Kier molecular flexibility index (Phi) is 5.28. The fraction of sp³-hybridized carbons (Fsp3) is 0.111. The van der Waals surface area contributed by atoms with Gasteiger partial charge >= 0.3 is 5.97 Å². The number of benzene rings is 3. The maximum atomic E-state index is 13.8. The minimum atomic E-state index is -1.04. The van der Waals surface area contributed by atoms with Crippen molar-refractivity contribution in [2.24, 2.45) is 0 Å². The number of hydrogen-bond acceptors (Lipinski definition) is 4. The van der Waals surface area contributed by atoms with E-state index >= 15 is 0 Å². The number of hydrogen-bond donors (Lipinski definition) is 2. The summed E-state index contributed by atoms with van der Waals surface area (Å²) in [4.78, 5) is 31.5. The molecule has 7 nitrogen and oxygen atoms in total. The predicted octanol–water partition coefficient (Wildman–Crippen LogP) is 5.29. The number of carbonyl (C=O) groups excluding carboxylic acids is 1. The Morgan fingerprint density at radius 3 is 2.43 bits per heavy atom. The molecule has 5 rings (SSSR count). The Hall–Kier alpha value is -4.59. The van der Waals surface area contributed by atoms with Crippen LogP contribution < -0.4 is 0 Å². The highest BCUT2D eigenvalue weighted by molar-refractivity contribution is 6.15. The molecular weight excluding hydrogens is 447 g/mol. The van der Waals surface area contributed by atoms with Crippen LogP contribution in [0.1, 0.15) is 26.3 Å². The molecule has 0 fully saturated rings. The summed E-state index contributed by atoms with van der Waals surface area (Å²) >= 11 is 0. The molecule has 174 valence electrons. The first-order valence-corrected chi connectivity index (χ1v) is 10.9. The van der Waals surface area contributed by atoms with Gasteiger partial charge in [0.15, 0.2) is 0 Å². The molecule has 0 bridgehead atoms. The van der Waals surface area contributed by atoms with Gasteiger partial charge in [-0.2, -0.15) is 5.10 Å². The van der Waals surface area contributed by atoms with Crippen molar-refractivity contribution in [3.05, 3.63) is 83.3 Å². The van der Waals surface area contributed by atoms with Crippen molar-refractivity contribution in [3.63, 3.8) is 0 Å². The number of carboxylic acid groups (broad SMARTS) is 1. The van der Waals surface area contributed by atoms with Gasteiger partial charge in [0.05, 0.1) is 34.1 Å². The molecule has 2 aromatic heterocycles. The fourth-order valence-electron chi connectivity index (χ4n) is 4.31. The Bertz CT molecular complexity index is 1640. The average Bonchev–Trinajstić information content (AvgIpc) is 3.29. The fourth-order valence-corrected chi connectivity index (χ4v) is 4.31. The van der Waals surface area contributed by atoms with E-state index in [1.807, 2.05) is 12.1 Å². The monoisotopic (exact) mass is 468 g/mol. The largest absolute Gasteiger partial charge is 0.478 e. The van der Waals surface area contributed by atoms with E-state index in [9.17, 15) is 19.1 Å². The molecule has 3 aromatic carbocycles. The zero-order valence-electron chi connectivity index (χ0n) is 19.3. The summed E-state index contributed by atoms with van der Waals surface area (Å²) in [5, 5.41) is 18.0. The van der Waals surface area contributed by atoms with E-state index in [2.05, 4.69) is 10.2 Å². The number of fused-ring (bicyclic) bond motifs is 2. The molecule has 0 radical (unpaired) electrons. The van der Waals surface area contributed by atoms with Gasteiger partial charge in [0.1, 0.15) is 5.82 Å². The number of aromatic carboxylic acids is 1. The van der Waals surface area contributed by atoms with Crippen LogP contribution in [-0.4, -0.2) is 51.2 Å². The lowest BCUT2D eigenvalue weighted by Gasteiger charge is -2.21. The molecule has 8 heteroatoms. The van der Waals surface area contributed by atoms with Crippen LogP contribution in [0.15, 0.2) is 60.8 Å². The number of aromatic nitrogens is 3. The summed E-state index contributed by atoms with van der Waals surface area (Å²) in [7, 11) is 3.31. The number of amides is 1. The quantitative estimate of drug-likeness (QED) is 0.373. The topological polar surface area (TPSA) is 99.2 Å². The van der Waals surface area contributed by atoms with E-state index in [1.165, 1.54) is 23.1 Å². The number of rotatable bonds is 4. The second-order valence-electron chi connectivity index (χ2n) is 8.58.